The molecule has 0 N–H and O–H groups in total. The summed E-state index contributed by atoms with van der Waals surface area (Å²) in [5.74, 6) is 0. The Balaban J connectivity index is 2.47. The largest absolute Gasteiger partial charge is 0.426 e. The predicted octanol–water partition coefficient (Wildman–Crippen LogP) is 2.68. The van der Waals surface area contributed by atoms with Crippen molar-refractivity contribution >= 4 is 9.76 Å². The van der Waals surface area contributed by atoms with Gasteiger partial charge in [0.25, 0.3) is 0 Å². The SMILES string of the molecule is CO[SiH2]C(C)(c1ccccc1)c1ccccc1. The van der Waals surface area contributed by atoms with Crippen molar-refractivity contribution in [2.75, 3.05) is 7.11 Å². The van der Waals surface area contributed by atoms with E-state index in [9.17, 15) is 0 Å². The Morgan fingerprint density at radius 2 is 1.24 bits per heavy atom. The van der Waals surface area contributed by atoms with Crippen LogP contribution < -0.4 is 0 Å². The maximum absolute atomic E-state index is 5.55. The highest BCUT2D eigenvalue weighted by atomic mass is 28.2. The molecular weight excluding hydrogens is 224 g/mol. The van der Waals surface area contributed by atoms with Gasteiger partial charge in [0.2, 0.25) is 0 Å². The molecule has 2 aromatic rings. The van der Waals surface area contributed by atoms with Crippen LogP contribution in [0, 0.1) is 0 Å². The van der Waals surface area contributed by atoms with Crippen LogP contribution >= 0.6 is 0 Å². The summed E-state index contributed by atoms with van der Waals surface area (Å²) in [6.07, 6.45) is 0. The maximum atomic E-state index is 5.55. The van der Waals surface area contributed by atoms with E-state index in [0.29, 0.717) is 0 Å². The monoisotopic (exact) mass is 242 g/mol. The average Bonchev–Trinajstić information content (AvgIpc) is 2.41. The molecule has 0 saturated heterocycles. The van der Waals surface area contributed by atoms with Gasteiger partial charge >= 0.3 is 0 Å². The molecule has 2 aromatic carbocycles. The molecule has 0 atom stereocenters. The summed E-state index contributed by atoms with van der Waals surface area (Å²) in [6, 6.07) is 21.3. The first-order valence-electron chi connectivity index (χ1n) is 5.87. The van der Waals surface area contributed by atoms with Crippen LogP contribution in [0.15, 0.2) is 60.7 Å². The van der Waals surface area contributed by atoms with E-state index in [0.717, 1.165) is 0 Å². The molecular formula is C15H18OSi. The van der Waals surface area contributed by atoms with Gasteiger partial charge in [-0.15, -0.1) is 0 Å². The van der Waals surface area contributed by atoms with Gasteiger partial charge in [-0.1, -0.05) is 67.6 Å². The van der Waals surface area contributed by atoms with E-state index in [-0.39, 0.29) is 5.04 Å². The minimum absolute atomic E-state index is 0.0528. The normalized spacial score (nSPS) is 12.1. The van der Waals surface area contributed by atoms with Gasteiger partial charge in [0.15, 0.2) is 9.76 Å². The van der Waals surface area contributed by atoms with Crippen molar-refractivity contribution in [3.05, 3.63) is 71.8 Å². The van der Waals surface area contributed by atoms with E-state index >= 15 is 0 Å². The Hall–Kier alpha value is -1.38. The minimum Gasteiger partial charge on any atom is -0.426 e. The van der Waals surface area contributed by atoms with Crippen LogP contribution in [0.2, 0.25) is 0 Å². The molecule has 2 rings (SSSR count). The smallest absolute Gasteiger partial charge is 0.175 e. The highest BCUT2D eigenvalue weighted by molar-refractivity contribution is 6.34. The first-order valence-corrected chi connectivity index (χ1v) is 7.16. The second kappa shape index (κ2) is 5.30. The summed E-state index contributed by atoms with van der Waals surface area (Å²) < 4.78 is 5.55. The number of hydrogen-bond acceptors (Lipinski definition) is 1. The molecule has 1 nitrogen and oxygen atoms in total. The zero-order valence-electron chi connectivity index (χ0n) is 10.4. The van der Waals surface area contributed by atoms with Crippen LogP contribution in [0.1, 0.15) is 18.1 Å². The quantitative estimate of drug-likeness (QED) is 0.749. The van der Waals surface area contributed by atoms with Crippen LogP contribution in [0.5, 0.6) is 0 Å². The van der Waals surface area contributed by atoms with Crippen molar-refractivity contribution in [3.8, 4) is 0 Å². The molecule has 0 aliphatic rings. The summed E-state index contributed by atoms with van der Waals surface area (Å²) in [6.45, 7) is 2.29. The predicted molar refractivity (Wildman–Crippen MR) is 74.9 cm³/mol. The van der Waals surface area contributed by atoms with Crippen molar-refractivity contribution in [3.63, 3.8) is 0 Å². The second-order valence-electron chi connectivity index (χ2n) is 4.50. The molecule has 0 heterocycles. The van der Waals surface area contributed by atoms with E-state index in [1.807, 2.05) is 7.11 Å². The van der Waals surface area contributed by atoms with Gasteiger partial charge in [-0.2, -0.15) is 0 Å². The van der Waals surface area contributed by atoms with Crippen LogP contribution in [0.4, 0.5) is 0 Å². The van der Waals surface area contributed by atoms with E-state index in [1.54, 1.807) is 0 Å². The molecule has 0 bridgehead atoms. The van der Waals surface area contributed by atoms with E-state index in [1.165, 1.54) is 11.1 Å². The van der Waals surface area contributed by atoms with Crippen molar-refractivity contribution < 1.29 is 4.43 Å². The first kappa shape index (κ1) is 12.1. The maximum Gasteiger partial charge on any atom is 0.175 e. The molecule has 0 unspecified atom stereocenters. The summed E-state index contributed by atoms with van der Waals surface area (Å²) >= 11 is 0. The molecule has 0 saturated carbocycles. The van der Waals surface area contributed by atoms with Crippen molar-refractivity contribution in [2.45, 2.75) is 12.0 Å². The molecule has 0 spiro atoms. The Bertz CT molecular complexity index is 413. The first-order chi connectivity index (χ1) is 8.27. The highest BCUT2D eigenvalue weighted by Crippen LogP contribution is 2.30. The minimum atomic E-state index is -0.657. The molecule has 0 radical (unpaired) electrons. The Labute approximate surface area is 105 Å². The third-order valence-electron chi connectivity index (χ3n) is 3.25. The number of benzene rings is 2. The van der Waals surface area contributed by atoms with Gasteiger partial charge in [-0.05, 0) is 11.1 Å². The lowest BCUT2D eigenvalue weighted by Crippen LogP contribution is -2.32. The molecule has 0 aromatic heterocycles. The van der Waals surface area contributed by atoms with E-state index < -0.39 is 9.76 Å². The molecule has 0 fully saturated rings. The summed E-state index contributed by atoms with van der Waals surface area (Å²) in [7, 11) is 1.16. The standard InChI is InChI=1S/C15H18OSi/c1-15(17-16-2,13-9-5-3-6-10-13)14-11-7-4-8-12-14/h3-12H,17H2,1-2H3. The van der Waals surface area contributed by atoms with Crippen molar-refractivity contribution in [1.82, 2.24) is 0 Å². The van der Waals surface area contributed by atoms with Crippen LogP contribution in [0.3, 0.4) is 0 Å². The molecule has 0 aliphatic carbocycles. The summed E-state index contributed by atoms with van der Waals surface area (Å²) in [5, 5.41) is 0.0528. The van der Waals surface area contributed by atoms with Gasteiger partial charge in [-0.3, -0.25) is 0 Å². The van der Waals surface area contributed by atoms with E-state index in [2.05, 4.69) is 67.6 Å². The second-order valence-corrected chi connectivity index (χ2v) is 6.78. The summed E-state index contributed by atoms with van der Waals surface area (Å²) in [4.78, 5) is 0. The van der Waals surface area contributed by atoms with Gasteiger partial charge in [0.1, 0.15) is 0 Å². The van der Waals surface area contributed by atoms with Crippen LogP contribution in [0.25, 0.3) is 0 Å². The topological polar surface area (TPSA) is 9.23 Å². The zero-order valence-corrected chi connectivity index (χ0v) is 11.8. The number of rotatable bonds is 4. The van der Waals surface area contributed by atoms with Crippen molar-refractivity contribution in [1.29, 1.82) is 0 Å². The Morgan fingerprint density at radius 3 is 1.59 bits per heavy atom. The van der Waals surface area contributed by atoms with Gasteiger partial charge < -0.3 is 4.43 Å². The third kappa shape index (κ3) is 2.48. The average molecular weight is 242 g/mol. The lowest BCUT2D eigenvalue weighted by Gasteiger charge is -2.29. The molecule has 2 heteroatoms. The number of hydrogen-bond donors (Lipinski definition) is 0. The summed E-state index contributed by atoms with van der Waals surface area (Å²) in [5.41, 5.74) is 2.69. The molecule has 17 heavy (non-hydrogen) atoms. The highest BCUT2D eigenvalue weighted by Gasteiger charge is 2.29. The van der Waals surface area contributed by atoms with Gasteiger partial charge in [0, 0.05) is 12.1 Å². The fraction of sp³-hybridized carbons (Fsp3) is 0.200. The Kier molecular flexibility index (Phi) is 3.77. The molecule has 0 amide bonds. The van der Waals surface area contributed by atoms with Gasteiger partial charge in [0.05, 0.1) is 0 Å². The fourth-order valence-corrected chi connectivity index (χ4v) is 3.62. The molecule has 0 aliphatic heterocycles. The van der Waals surface area contributed by atoms with Crippen LogP contribution in [-0.4, -0.2) is 16.9 Å². The van der Waals surface area contributed by atoms with Gasteiger partial charge in [-0.25, -0.2) is 0 Å². The lowest BCUT2D eigenvalue weighted by atomic mass is 9.92. The fourth-order valence-electron chi connectivity index (χ4n) is 2.23. The zero-order chi connectivity index (χ0) is 12.1. The Morgan fingerprint density at radius 1 is 0.824 bits per heavy atom. The van der Waals surface area contributed by atoms with Crippen LogP contribution in [-0.2, 0) is 9.46 Å². The van der Waals surface area contributed by atoms with E-state index in [4.69, 9.17) is 4.43 Å². The third-order valence-corrected chi connectivity index (χ3v) is 4.94. The molecule has 88 valence electrons. The van der Waals surface area contributed by atoms with Crippen molar-refractivity contribution in [2.24, 2.45) is 0 Å². The lowest BCUT2D eigenvalue weighted by molar-refractivity contribution is 0.420.